The molecule has 0 saturated heterocycles. The topological polar surface area (TPSA) is 58.6 Å². The van der Waals surface area contributed by atoms with Gasteiger partial charge in [0.25, 0.3) is 0 Å². The van der Waals surface area contributed by atoms with Crippen molar-refractivity contribution in [2.75, 3.05) is 14.1 Å². The van der Waals surface area contributed by atoms with Crippen LogP contribution in [0.2, 0.25) is 0 Å². The van der Waals surface area contributed by atoms with Gasteiger partial charge in [0.1, 0.15) is 11.6 Å². The van der Waals surface area contributed by atoms with Crippen molar-refractivity contribution in [1.29, 1.82) is 0 Å². The summed E-state index contributed by atoms with van der Waals surface area (Å²) in [5.74, 6) is -0.122. The molecule has 1 N–H and O–H groups in total. The van der Waals surface area contributed by atoms with E-state index in [9.17, 15) is 9.59 Å². The zero-order valence-electron chi connectivity index (χ0n) is 12.2. The molecule has 108 valence electrons. The lowest BCUT2D eigenvalue weighted by Crippen LogP contribution is -2.50. The molecule has 0 radical (unpaired) electrons. The third-order valence-corrected chi connectivity index (χ3v) is 2.05. The minimum absolute atomic E-state index is 0. The fourth-order valence-corrected chi connectivity index (χ4v) is 1.23. The maximum absolute atomic E-state index is 11.8. The number of carbonyl (C=O) groups excluding carboxylic acids is 2. The summed E-state index contributed by atoms with van der Waals surface area (Å²) in [5.41, 5.74) is -0.563. The highest BCUT2D eigenvalue weighted by molar-refractivity contribution is 5.85. The molecule has 0 aromatic rings. The summed E-state index contributed by atoms with van der Waals surface area (Å²) in [6.45, 7) is 9.10. The van der Waals surface area contributed by atoms with Gasteiger partial charge in [0.05, 0.1) is 0 Å². The largest absolute Gasteiger partial charge is 0.444 e. The van der Waals surface area contributed by atoms with Crippen LogP contribution < -0.4 is 5.32 Å². The highest BCUT2D eigenvalue weighted by Gasteiger charge is 2.27. The lowest BCUT2D eigenvalue weighted by atomic mass is 10.0. The Morgan fingerprint density at radius 2 is 1.61 bits per heavy atom. The number of rotatable bonds is 3. The molecule has 0 saturated carbocycles. The zero-order valence-corrected chi connectivity index (χ0v) is 13.1. The van der Waals surface area contributed by atoms with Crippen molar-refractivity contribution in [2.45, 2.75) is 46.3 Å². The first-order valence-corrected chi connectivity index (χ1v) is 5.75. The van der Waals surface area contributed by atoms with E-state index in [0.717, 1.165) is 0 Å². The van der Waals surface area contributed by atoms with Crippen LogP contribution in [0.5, 0.6) is 0 Å². The number of nitrogens with one attached hydrogen (secondary N) is 1. The Morgan fingerprint density at radius 1 is 1.17 bits per heavy atom. The van der Waals surface area contributed by atoms with Gasteiger partial charge < -0.3 is 15.0 Å². The van der Waals surface area contributed by atoms with E-state index in [4.69, 9.17) is 4.74 Å². The van der Waals surface area contributed by atoms with Crippen molar-refractivity contribution < 1.29 is 14.3 Å². The molecule has 0 aliphatic carbocycles. The third kappa shape index (κ3) is 7.37. The first-order chi connectivity index (χ1) is 7.54. The summed E-state index contributed by atoms with van der Waals surface area (Å²) in [5, 5.41) is 2.60. The second kappa shape index (κ2) is 7.46. The molecule has 2 amide bonds. The number of hydrogen-bond acceptors (Lipinski definition) is 3. The molecule has 1 atom stereocenters. The molecule has 6 heteroatoms. The number of halogens is 1. The normalized spacial score (nSPS) is 12.4. The van der Waals surface area contributed by atoms with Gasteiger partial charge >= 0.3 is 6.09 Å². The Kier molecular flexibility index (Phi) is 8.03. The van der Waals surface area contributed by atoms with E-state index in [1.165, 1.54) is 4.90 Å². The minimum Gasteiger partial charge on any atom is -0.444 e. The van der Waals surface area contributed by atoms with Gasteiger partial charge in [-0.15, -0.1) is 12.4 Å². The quantitative estimate of drug-likeness (QED) is 0.861. The van der Waals surface area contributed by atoms with Gasteiger partial charge in [0.15, 0.2) is 0 Å². The Morgan fingerprint density at radius 3 is 1.89 bits per heavy atom. The second-order valence-corrected chi connectivity index (χ2v) is 5.60. The fourth-order valence-electron chi connectivity index (χ4n) is 1.23. The van der Waals surface area contributed by atoms with Crippen LogP contribution in [-0.4, -0.2) is 42.6 Å². The number of carbonyl (C=O) groups is 2. The molecule has 5 nitrogen and oxygen atoms in total. The number of likely N-dealkylation sites (N-methyl/N-ethyl adjacent to an activating group) is 1. The highest BCUT2D eigenvalue weighted by atomic mass is 35.5. The average molecular weight is 281 g/mol. The van der Waals surface area contributed by atoms with Gasteiger partial charge in [0, 0.05) is 14.1 Å². The zero-order chi connectivity index (χ0) is 13.8. The maximum atomic E-state index is 11.8. The minimum atomic E-state index is -0.564. The first kappa shape index (κ1) is 19.4. The van der Waals surface area contributed by atoms with Crippen LogP contribution in [0.25, 0.3) is 0 Å². The summed E-state index contributed by atoms with van der Waals surface area (Å²) in [4.78, 5) is 24.9. The van der Waals surface area contributed by atoms with Crippen molar-refractivity contribution in [3.8, 4) is 0 Å². The lowest BCUT2D eigenvalue weighted by molar-refractivity contribution is -0.132. The number of nitrogens with zero attached hydrogens (tertiary/aromatic N) is 1. The Labute approximate surface area is 116 Å². The average Bonchev–Trinajstić information content (AvgIpc) is 2.09. The maximum Gasteiger partial charge on any atom is 0.408 e. The Balaban J connectivity index is 0. The Bertz CT molecular complexity index is 286. The van der Waals surface area contributed by atoms with Gasteiger partial charge in [-0.1, -0.05) is 13.8 Å². The highest BCUT2D eigenvalue weighted by Crippen LogP contribution is 2.09. The van der Waals surface area contributed by atoms with Crippen LogP contribution >= 0.6 is 12.4 Å². The van der Waals surface area contributed by atoms with Crippen molar-refractivity contribution in [3.63, 3.8) is 0 Å². The molecule has 0 fully saturated rings. The number of ether oxygens (including phenoxy) is 1. The summed E-state index contributed by atoms with van der Waals surface area (Å²) in [7, 11) is 3.32. The molecule has 0 aliphatic rings. The van der Waals surface area contributed by atoms with Gasteiger partial charge in [0.2, 0.25) is 5.91 Å². The van der Waals surface area contributed by atoms with Crippen LogP contribution in [0.15, 0.2) is 0 Å². The third-order valence-electron chi connectivity index (χ3n) is 2.05. The van der Waals surface area contributed by atoms with E-state index in [2.05, 4.69) is 5.32 Å². The first-order valence-electron chi connectivity index (χ1n) is 5.75. The van der Waals surface area contributed by atoms with E-state index in [-0.39, 0.29) is 24.2 Å². The van der Waals surface area contributed by atoms with Crippen LogP contribution in [-0.2, 0) is 9.53 Å². The van der Waals surface area contributed by atoms with Gasteiger partial charge in [-0.25, -0.2) is 4.79 Å². The molecule has 0 aromatic carbocycles. The molecule has 0 spiro atoms. The molecule has 0 aliphatic heterocycles. The summed E-state index contributed by atoms with van der Waals surface area (Å²) in [6, 6.07) is -0.556. The van der Waals surface area contributed by atoms with E-state index in [1.54, 1.807) is 34.9 Å². The summed E-state index contributed by atoms with van der Waals surface area (Å²) in [6.07, 6.45) is -0.564. The van der Waals surface area contributed by atoms with Crippen LogP contribution in [0, 0.1) is 5.92 Å². The van der Waals surface area contributed by atoms with Crippen molar-refractivity contribution in [3.05, 3.63) is 0 Å². The van der Waals surface area contributed by atoms with E-state index in [0.29, 0.717) is 0 Å². The molecule has 18 heavy (non-hydrogen) atoms. The predicted molar refractivity (Wildman–Crippen MR) is 73.9 cm³/mol. The second-order valence-electron chi connectivity index (χ2n) is 5.60. The van der Waals surface area contributed by atoms with Crippen LogP contribution in [0.1, 0.15) is 34.6 Å². The monoisotopic (exact) mass is 280 g/mol. The standard InChI is InChI=1S/C12H24N2O3.ClH/c1-8(2)9(10(15)14(6)7)13-11(16)17-12(3,4)5;/h8-9H,1-7H3,(H,13,16);1H/t9-;/m0./s1. The molecular weight excluding hydrogens is 256 g/mol. The van der Waals surface area contributed by atoms with Crippen LogP contribution in [0.3, 0.4) is 0 Å². The van der Waals surface area contributed by atoms with Crippen molar-refractivity contribution in [1.82, 2.24) is 10.2 Å². The summed E-state index contributed by atoms with van der Waals surface area (Å²) >= 11 is 0. The Hall–Kier alpha value is -0.970. The van der Waals surface area contributed by atoms with Gasteiger partial charge in [-0.05, 0) is 26.7 Å². The lowest BCUT2D eigenvalue weighted by Gasteiger charge is -2.26. The molecule has 0 aromatic heterocycles. The van der Waals surface area contributed by atoms with E-state index in [1.807, 2.05) is 13.8 Å². The molecule has 0 rings (SSSR count). The van der Waals surface area contributed by atoms with Crippen molar-refractivity contribution in [2.24, 2.45) is 5.92 Å². The number of amides is 2. The molecule has 0 heterocycles. The van der Waals surface area contributed by atoms with Gasteiger partial charge in [-0.2, -0.15) is 0 Å². The molecular formula is C12H25ClN2O3. The van der Waals surface area contributed by atoms with Crippen molar-refractivity contribution >= 4 is 24.4 Å². The molecule has 0 bridgehead atoms. The number of hydrogen-bond donors (Lipinski definition) is 1. The number of alkyl carbamates (subject to hydrolysis) is 1. The van der Waals surface area contributed by atoms with Crippen LogP contribution in [0.4, 0.5) is 4.79 Å². The van der Waals surface area contributed by atoms with Gasteiger partial charge in [-0.3, -0.25) is 4.79 Å². The SMILES string of the molecule is CC(C)[C@H](NC(=O)OC(C)(C)C)C(=O)N(C)C.Cl. The predicted octanol–water partition coefficient (Wildman–Crippen LogP) is 2.05. The smallest absolute Gasteiger partial charge is 0.408 e. The van der Waals surface area contributed by atoms with E-state index < -0.39 is 17.7 Å². The molecule has 0 unspecified atom stereocenters. The van der Waals surface area contributed by atoms with E-state index >= 15 is 0 Å². The summed E-state index contributed by atoms with van der Waals surface area (Å²) < 4.78 is 5.13. The fraction of sp³-hybridized carbons (Fsp3) is 0.833.